The summed E-state index contributed by atoms with van der Waals surface area (Å²) in [6.45, 7) is 3.89. The van der Waals surface area contributed by atoms with Crippen molar-refractivity contribution in [3.63, 3.8) is 0 Å². The van der Waals surface area contributed by atoms with Crippen LogP contribution in [0.5, 0.6) is 0 Å². The molecule has 0 aliphatic carbocycles. The second-order valence-corrected chi connectivity index (χ2v) is 5.40. The molecule has 1 aromatic rings. The zero-order chi connectivity index (χ0) is 14.8. The van der Waals surface area contributed by atoms with E-state index < -0.39 is 0 Å². The van der Waals surface area contributed by atoms with Crippen LogP contribution in [0.2, 0.25) is 0 Å². The lowest BCUT2D eigenvalue weighted by atomic mass is 10.0. The van der Waals surface area contributed by atoms with Crippen molar-refractivity contribution in [2.24, 2.45) is 0 Å². The van der Waals surface area contributed by atoms with Gasteiger partial charge in [0.05, 0.1) is 11.7 Å². The van der Waals surface area contributed by atoms with Crippen LogP contribution in [0.3, 0.4) is 0 Å². The molecule has 0 aromatic heterocycles. The van der Waals surface area contributed by atoms with Crippen molar-refractivity contribution in [2.45, 2.75) is 57.6 Å². The lowest BCUT2D eigenvalue weighted by Crippen LogP contribution is -2.46. The number of carbonyl (C=O) groups excluding carboxylic acids is 1. The quantitative estimate of drug-likeness (QED) is 0.801. The van der Waals surface area contributed by atoms with Gasteiger partial charge in [0, 0.05) is 6.42 Å². The average Bonchev–Trinajstić information content (AvgIpc) is 2.90. The van der Waals surface area contributed by atoms with Crippen LogP contribution in [-0.4, -0.2) is 36.9 Å². The summed E-state index contributed by atoms with van der Waals surface area (Å²) >= 11 is 0. The van der Waals surface area contributed by atoms with Crippen molar-refractivity contribution in [2.75, 3.05) is 0 Å². The molecule has 5 nitrogen and oxygen atoms in total. The van der Waals surface area contributed by atoms with E-state index in [1.807, 2.05) is 32.0 Å². The Morgan fingerprint density at radius 3 is 2.71 bits per heavy atom. The highest BCUT2D eigenvalue weighted by Crippen LogP contribution is 2.33. The summed E-state index contributed by atoms with van der Waals surface area (Å²) in [5, 5.41) is 0. The summed E-state index contributed by atoms with van der Waals surface area (Å²) in [7, 11) is 0. The molecule has 1 aromatic carbocycles. The van der Waals surface area contributed by atoms with Crippen molar-refractivity contribution >= 4 is 5.97 Å². The minimum atomic E-state index is -0.350. The number of ether oxygens (including phenoxy) is 4. The average molecular weight is 292 g/mol. The monoisotopic (exact) mass is 292 g/mol. The SMILES string of the molecule is CCC1O[C@H]2O[C@H](C)[C@@H](OC(=O)c3ccccc3)C[C@H]2O1. The Morgan fingerprint density at radius 2 is 2.00 bits per heavy atom. The smallest absolute Gasteiger partial charge is 0.338 e. The molecule has 0 saturated carbocycles. The molecule has 2 aliphatic rings. The maximum atomic E-state index is 12.1. The molecule has 0 bridgehead atoms. The largest absolute Gasteiger partial charge is 0.456 e. The highest BCUT2D eigenvalue weighted by molar-refractivity contribution is 5.89. The van der Waals surface area contributed by atoms with Crippen LogP contribution in [0.15, 0.2) is 30.3 Å². The molecule has 0 N–H and O–H groups in total. The van der Waals surface area contributed by atoms with E-state index in [1.54, 1.807) is 12.1 Å². The molecule has 1 unspecified atom stereocenters. The third-order valence-corrected chi connectivity index (χ3v) is 3.85. The lowest BCUT2D eigenvalue weighted by Gasteiger charge is -2.34. The Labute approximate surface area is 124 Å². The standard InChI is InChI=1S/C16H20O5/c1-3-14-19-13-9-12(10(2)18-16(13)21-14)20-15(17)11-7-5-4-6-8-11/h4-8,10,12-14,16H,3,9H2,1-2H3/t10-,12+,13-,14?,16-/m1/s1. The van der Waals surface area contributed by atoms with E-state index in [0.29, 0.717) is 12.0 Å². The van der Waals surface area contributed by atoms with Gasteiger partial charge < -0.3 is 18.9 Å². The van der Waals surface area contributed by atoms with Crippen LogP contribution in [0.4, 0.5) is 0 Å². The van der Waals surface area contributed by atoms with Crippen molar-refractivity contribution < 1.29 is 23.7 Å². The number of benzene rings is 1. The van der Waals surface area contributed by atoms with Gasteiger partial charge in [-0.2, -0.15) is 0 Å². The number of fused-ring (bicyclic) bond motifs is 1. The first kappa shape index (κ1) is 14.5. The molecule has 0 spiro atoms. The van der Waals surface area contributed by atoms with Crippen LogP contribution < -0.4 is 0 Å². The summed E-state index contributed by atoms with van der Waals surface area (Å²) in [6, 6.07) is 8.96. The van der Waals surface area contributed by atoms with E-state index in [9.17, 15) is 4.79 Å². The predicted molar refractivity (Wildman–Crippen MR) is 74.6 cm³/mol. The van der Waals surface area contributed by atoms with Crippen LogP contribution in [0.1, 0.15) is 37.0 Å². The van der Waals surface area contributed by atoms with Gasteiger partial charge in [-0.15, -0.1) is 0 Å². The molecule has 2 aliphatic heterocycles. The Kier molecular flexibility index (Phi) is 4.24. The maximum Gasteiger partial charge on any atom is 0.338 e. The van der Waals surface area contributed by atoms with Crippen molar-refractivity contribution in [3.8, 4) is 0 Å². The molecular formula is C16H20O5. The van der Waals surface area contributed by atoms with Crippen molar-refractivity contribution in [1.29, 1.82) is 0 Å². The zero-order valence-electron chi connectivity index (χ0n) is 12.2. The van der Waals surface area contributed by atoms with E-state index >= 15 is 0 Å². The van der Waals surface area contributed by atoms with E-state index in [4.69, 9.17) is 18.9 Å². The van der Waals surface area contributed by atoms with Gasteiger partial charge in [-0.1, -0.05) is 25.1 Å². The zero-order valence-corrected chi connectivity index (χ0v) is 12.2. The first-order valence-electron chi connectivity index (χ1n) is 7.39. The van der Waals surface area contributed by atoms with Crippen LogP contribution in [-0.2, 0) is 18.9 Å². The van der Waals surface area contributed by atoms with Gasteiger partial charge in [0.15, 0.2) is 12.6 Å². The Balaban J connectivity index is 1.63. The number of hydrogen-bond acceptors (Lipinski definition) is 5. The number of rotatable bonds is 3. The predicted octanol–water partition coefficient (Wildman–Crippen LogP) is 2.50. The number of hydrogen-bond donors (Lipinski definition) is 0. The normalized spacial score (nSPS) is 35.2. The van der Waals surface area contributed by atoms with E-state index in [2.05, 4.69) is 0 Å². The molecule has 3 rings (SSSR count). The second kappa shape index (κ2) is 6.13. The Morgan fingerprint density at radius 1 is 1.24 bits per heavy atom. The van der Waals surface area contributed by atoms with Crippen molar-refractivity contribution in [3.05, 3.63) is 35.9 Å². The molecule has 0 amide bonds. The first-order chi connectivity index (χ1) is 10.2. The molecule has 2 fully saturated rings. The Bertz CT molecular complexity index is 489. The topological polar surface area (TPSA) is 54.0 Å². The van der Waals surface area contributed by atoms with Gasteiger partial charge in [-0.05, 0) is 25.5 Å². The minimum absolute atomic E-state index is 0.167. The fourth-order valence-electron chi connectivity index (χ4n) is 2.65. The lowest BCUT2D eigenvalue weighted by molar-refractivity contribution is -0.209. The highest BCUT2D eigenvalue weighted by atomic mass is 16.8. The molecule has 5 atom stereocenters. The summed E-state index contributed by atoms with van der Waals surface area (Å²) in [6.07, 6.45) is 0.100. The number of esters is 1. The summed E-state index contributed by atoms with van der Waals surface area (Å²) in [5.41, 5.74) is 0.543. The second-order valence-electron chi connectivity index (χ2n) is 5.40. The molecule has 0 radical (unpaired) electrons. The molecule has 5 heteroatoms. The summed E-state index contributed by atoms with van der Waals surface area (Å²) < 4.78 is 22.7. The molecule has 114 valence electrons. The van der Waals surface area contributed by atoms with Gasteiger partial charge in [0.2, 0.25) is 0 Å². The highest BCUT2D eigenvalue weighted by Gasteiger charge is 2.45. The minimum Gasteiger partial charge on any atom is -0.456 e. The fourth-order valence-corrected chi connectivity index (χ4v) is 2.65. The summed E-state index contributed by atoms with van der Waals surface area (Å²) in [5.74, 6) is -0.333. The van der Waals surface area contributed by atoms with E-state index in [0.717, 1.165) is 6.42 Å². The van der Waals surface area contributed by atoms with E-state index in [-0.39, 0.29) is 36.9 Å². The van der Waals surface area contributed by atoms with Crippen molar-refractivity contribution in [1.82, 2.24) is 0 Å². The molecule has 21 heavy (non-hydrogen) atoms. The van der Waals surface area contributed by atoms with Gasteiger partial charge >= 0.3 is 5.97 Å². The van der Waals surface area contributed by atoms with Crippen LogP contribution in [0.25, 0.3) is 0 Å². The first-order valence-corrected chi connectivity index (χ1v) is 7.39. The maximum absolute atomic E-state index is 12.1. The van der Waals surface area contributed by atoms with Gasteiger partial charge in [0.1, 0.15) is 12.2 Å². The van der Waals surface area contributed by atoms with E-state index in [1.165, 1.54) is 0 Å². The summed E-state index contributed by atoms with van der Waals surface area (Å²) in [4.78, 5) is 12.1. The van der Waals surface area contributed by atoms with Crippen LogP contribution >= 0.6 is 0 Å². The fraction of sp³-hybridized carbons (Fsp3) is 0.562. The third-order valence-electron chi connectivity index (χ3n) is 3.85. The third kappa shape index (κ3) is 3.10. The molecule has 2 saturated heterocycles. The van der Waals surface area contributed by atoms with Gasteiger partial charge in [0.25, 0.3) is 0 Å². The Hall–Kier alpha value is -1.43. The number of carbonyl (C=O) groups is 1. The van der Waals surface area contributed by atoms with Gasteiger partial charge in [-0.3, -0.25) is 0 Å². The van der Waals surface area contributed by atoms with Crippen LogP contribution in [0, 0.1) is 0 Å². The molecular weight excluding hydrogens is 272 g/mol. The van der Waals surface area contributed by atoms with Gasteiger partial charge in [-0.25, -0.2) is 4.79 Å². The molecule has 2 heterocycles.